The van der Waals surface area contributed by atoms with Crippen LogP contribution in [-0.2, 0) is 6.42 Å². The fraction of sp³-hybridized carbons (Fsp3) is 0.500. The third kappa shape index (κ3) is 6.87. The second kappa shape index (κ2) is 13.8. The van der Waals surface area contributed by atoms with E-state index in [2.05, 4.69) is 0 Å². The monoisotopic (exact) mass is 482 g/mol. The summed E-state index contributed by atoms with van der Waals surface area (Å²) in [4.78, 5) is 0. The summed E-state index contributed by atoms with van der Waals surface area (Å²) in [6.07, 6.45) is -1.98. The highest BCUT2D eigenvalue weighted by atomic mass is 16.6. The molecule has 0 fully saturated rings. The van der Waals surface area contributed by atoms with E-state index in [0.29, 0.717) is 29.9 Å². The first-order valence-electron chi connectivity index (χ1n) is 10.8. The maximum Gasteiger partial charge on any atom is 0.204 e. The first-order chi connectivity index (χ1) is 16.5. The van der Waals surface area contributed by atoms with Crippen LogP contribution in [0.1, 0.15) is 23.7 Å². The van der Waals surface area contributed by atoms with E-state index in [1.807, 2.05) is 0 Å². The Morgan fingerprint density at radius 3 is 1.85 bits per heavy atom. The summed E-state index contributed by atoms with van der Waals surface area (Å²) in [6.45, 7) is -1.23. The molecule has 190 valence electrons. The molecular weight excluding hydrogens is 448 g/mol. The van der Waals surface area contributed by atoms with Crippen LogP contribution in [0.25, 0.3) is 0 Å². The van der Waals surface area contributed by atoms with Gasteiger partial charge in [0.2, 0.25) is 5.75 Å². The topological polar surface area (TPSA) is 147 Å². The average Bonchev–Trinajstić information content (AvgIpc) is 2.88. The molecule has 0 heterocycles. The van der Waals surface area contributed by atoms with Gasteiger partial charge in [0.05, 0.1) is 41.2 Å². The molecule has 0 bridgehead atoms. The number of hydrogen-bond donors (Lipinski definition) is 5. The van der Waals surface area contributed by atoms with Crippen molar-refractivity contribution in [2.45, 2.75) is 31.2 Å². The van der Waals surface area contributed by atoms with Crippen molar-refractivity contribution in [1.82, 2.24) is 0 Å². The van der Waals surface area contributed by atoms with Crippen LogP contribution in [-0.4, -0.2) is 85.5 Å². The number of aliphatic hydroxyl groups excluding tert-OH is 5. The number of ether oxygens (including phenoxy) is 5. The zero-order valence-electron chi connectivity index (χ0n) is 19.6. The summed E-state index contributed by atoms with van der Waals surface area (Å²) in [6, 6.07) is 8.11. The van der Waals surface area contributed by atoms with E-state index in [1.165, 1.54) is 33.5 Å². The molecule has 34 heavy (non-hydrogen) atoms. The fourth-order valence-corrected chi connectivity index (χ4v) is 3.32. The van der Waals surface area contributed by atoms with Crippen molar-refractivity contribution < 1.29 is 49.2 Å². The van der Waals surface area contributed by atoms with Crippen molar-refractivity contribution in [3.63, 3.8) is 0 Å². The first kappa shape index (κ1) is 27.5. The molecule has 0 aliphatic heterocycles. The molecule has 2 aromatic rings. The molecule has 0 saturated carbocycles. The Kier molecular flexibility index (Phi) is 11.2. The number of rotatable bonds is 15. The third-order valence-electron chi connectivity index (χ3n) is 5.18. The van der Waals surface area contributed by atoms with Crippen molar-refractivity contribution in [2.75, 3.05) is 47.8 Å². The third-order valence-corrected chi connectivity index (χ3v) is 5.18. The lowest BCUT2D eigenvalue weighted by Crippen LogP contribution is -2.29. The van der Waals surface area contributed by atoms with Crippen molar-refractivity contribution in [3.8, 4) is 28.7 Å². The number of methoxy groups -OCH3 is 3. The molecule has 2 atom stereocenters. The van der Waals surface area contributed by atoms with E-state index < -0.39 is 24.9 Å². The summed E-state index contributed by atoms with van der Waals surface area (Å²) in [5, 5.41) is 48.5. The van der Waals surface area contributed by atoms with Gasteiger partial charge in [0, 0.05) is 6.61 Å². The van der Waals surface area contributed by atoms with Gasteiger partial charge >= 0.3 is 0 Å². The summed E-state index contributed by atoms with van der Waals surface area (Å²) in [5.74, 6) is 1.48. The zero-order valence-corrected chi connectivity index (χ0v) is 19.6. The van der Waals surface area contributed by atoms with Gasteiger partial charge < -0.3 is 49.2 Å². The van der Waals surface area contributed by atoms with Crippen molar-refractivity contribution in [2.24, 2.45) is 0 Å². The van der Waals surface area contributed by atoms with Crippen molar-refractivity contribution in [1.29, 1.82) is 0 Å². The molecule has 10 heteroatoms. The molecule has 0 aliphatic rings. The van der Waals surface area contributed by atoms with Crippen LogP contribution in [0.5, 0.6) is 28.7 Å². The summed E-state index contributed by atoms with van der Waals surface area (Å²) >= 11 is 0. The van der Waals surface area contributed by atoms with Crippen LogP contribution in [0.15, 0.2) is 30.3 Å². The van der Waals surface area contributed by atoms with Gasteiger partial charge in [0.25, 0.3) is 0 Å². The quantitative estimate of drug-likeness (QED) is 0.247. The molecule has 0 amide bonds. The van der Waals surface area contributed by atoms with Gasteiger partial charge in [-0.2, -0.15) is 0 Å². The minimum atomic E-state index is -1.26. The van der Waals surface area contributed by atoms with Gasteiger partial charge in [0.15, 0.2) is 29.1 Å². The van der Waals surface area contributed by atoms with Gasteiger partial charge in [-0.05, 0) is 48.2 Å². The molecule has 0 radical (unpaired) electrons. The average molecular weight is 483 g/mol. The second-order valence-corrected chi connectivity index (χ2v) is 7.46. The lowest BCUT2D eigenvalue weighted by Gasteiger charge is -2.26. The molecule has 0 unspecified atom stereocenters. The molecule has 5 N–H and O–H groups in total. The molecule has 0 spiro atoms. The second-order valence-electron chi connectivity index (χ2n) is 7.46. The Bertz CT molecular complexity index is 859. The lowest BCUT2D eigenvalue weighted by molar-refractivity contribution is -0.00183. The summed E-state index contributed by atoms with van der Waals surface area (Å²) in [7, 11) is 4.36. The van der Waals surface area contributed by atoms with Crippen molar-refractivity contribution >= 4 is 0 Å². The standard InChI is InChI=1S/C24H34O10/c1-30-19-11-16(6-7-18(19)33-17(12-26)13-27)23(29)22(14-28)34-24-20(31-2)9-15(5-4-8-25)10-21(24)32-3/h6-7,9-11,17,22-23,25-29H,4-5,8,12-14H2,1-3H3/t22-,23+/m0/s1. The van der Waals surface area contributed by atoms with Gasteiger partial charge in [-0.15, -0.1) is 0 Å². The predicted octanol–water partition coefficient (Wildman–Crippen LogP) is 0.843. The normalized spacial score (nSPS) is 12.9. The zero-order chi connectivity index (χ0) is 25.1. The molecule has 2 rings (SSSR count). The minimum absolute atomic E-state index is 0.0512. The highest BCUT2D eigenvalue weighted by molar-refractivity contribution is 5.54. The molecule has 0 aromatic heterocycles. The predicted molar refractivity (Wildman–Crippen MR) is 123 cm³/mol. The highest BCUT2D eigenvalue weighted by Gasteiger charge is 2.27. The Morgan fingerprint density at radius 2 is 1.35 bits per heavy atom. The number of hydrogen-bond acceptors (Lipinski definition) is 10. The smallest absolute Gasteiger partial charge is 0.204 e. The van der Waals surface area contributed by atoms with Crippen LogP contribution < -0.4 is 23.7 Å². The molecule has 2 aromatic carbocycles. The van der Waals surface area contributed by atoms with Gasteiger partial charge in [-0.1, -0.05) is 6.07 Å². The van der Waals surface area contributed by atoms with Gasteiger partial charge in [-0.3, -0.25) is 0 Å². The molecule has 0 aliphatic carbocycles. The van der Waals surface area contributed by atoms with Crippen LogP contribution in [0.2, 0.25) is 0 Å². The van der Waals surface area contributed by atoms with Gasteiger partial charge in [-0.25, -0.2) is 0 Å². The maximum absolute atomic E-state index is 11.0. The largest absolute Gasteiger partial charge is 0.493 e. The van der Waals surface area contributed by atoms with E-state index in [1.54, 1.807) is 18.2 Å². The molecule has 0 saturated heterocycles. The van der Waals surface area contributed by atoms with Crippen LogP contribution in [0.4, 0.5) is 0 Å². The van der Waals surface area contributed by atoms with Gasteiger partial charge in [0.1, 0.15) is 12.2 Å². The van der Waals surface area contributed by atoms with E-state index in [0.717, 1.165) is 5.56 Å². The Morgan fingerprint density at radius 1 is 0.735 bits per heavy atom. The van der Waals surface area contributed by atoms with Crippen LogP contribution >= 0.6 is 0 Å². The maximum atomic E-state index is 11.0. The van der Waals surface area contributed by atoms with Crippen LogP contribution in [0.3, 0.4) is 0 Å². The summed E-state index contributed by atoms with van der Waals surface area (Å²) in [5.41, 5.74) is 1.26. The van der Waals surface area contributed by atoms with Crippen molar-refractivity contribution in [3.05, 3.63) is 41.5 Å². The number of aryl methyl sites for hydroxylation is 1. The van der Waals surface area contributed by atoms with E-state index in [9.17, 15) is 20.4 Å². The number of benzene rings is 2. The fourth-order valence-electron chi connectivity index (χ4n) is 3.32. The SMILES string of the molecule is COc1cc([C@@H](O)[C@H](CO)Oc2c(OC)cc(CCCO)cc2OC)ccc1OC(CO)CO. The number of aliphatic hydroxyl groups is 5. The lowest BCUT2D eigenvalue weighted by atomic mass is 10.0. The van der Waals surface area contributed by atoms with E-state index >= 15 is 0 Å². The Labute approximate surface area is 198 Å². The van der Waals surface area contributed by atoms with E-state index in [4.69, 9.17) is 28.8 Å². The Balaban J connectivity index is 2.31. The highest BCUT2D eigenvalue weighted by Crippen LogP contribution is 2.41. The van der Waals surface area contributed by atoms with Crippen LogP contribution in [0, 0.1) is 0 Å². The molecular formula is C24H34O10. The van der Waals surface area contributed by atoms with E-state index in [-0.39, 0.29) is 37.1 Å². The summed E-state index contributed by atoms with van der Waals surface area (Å²) < 4.78 is 27.7. The minimum Gasteiger partial charge on any atom is -0.493 e. The first-order valence-corrected chi connectivity index (χ1v) is 10.8. The Hall–Kier alpha value is -2.76. The molecule has 10 nitrogen and oxygen atoms in total.